The molecule has 16 heteroatoms. The Labute approximate surface area is 295 Å². The molecule has 0 unspecified atom stereocenters. The lowest BCUT2D eigenvalue weighted by Gasteiger charge is -2.27. The first-order valence-corrected chi connectivity index (χ1v) is 18.9. The van der Waals surface area contributed by atoms with Crippen LogP contribution in [0.2, 0.25) is 0 Å². The smallest absolute Gasteiger partial charge is 0.336 e. The van der Waals surface area contributed by atoms with Crippen molar-refractivity contribution in [1.29, 1.82) is 0 Å². The predicted molar refractivity (Wildman–Crippen MR) is 186 cm³/mol. The van der Waals surface area contributed by atoms with Crippen LogP contribution in [0.1, 0.15) is 68.0 Å². The highest BCUT2D eigenvalue weighted by Gasteiger charge is 2.26. The van der Waals surface area contributed by atoms with Gasteiger partial charge in [0, 0.05) is 23.1 Å². The number of aromatic carboxylic acids is 1. The van der Waals surface area contributed by atoms with E-state index in [4.69, 9.17) is 42.6 Å². The van der Waals surface area contributed by atoms with Gasteiger partial charge in [0.1, 0.15) is 35.2 Å². The molecule has 1 amide bonds. The van der Waals surface area contributed by atoms with E-state index in [0.717, 1.165) is 0 Å². The lowest BCUT2D eigenvalue weighted by molar-refractivity contribution is -0.0797. The number of rotatable bonds is 17. The second-order valence-electron chi connectivity index (χ2n) is 11.8. The summed E-state index contributed by atoms with van der Waals surface area (Å²) in [6.07, 6.45) is -0.0655. The van der Waals surface area contributed by atoms with Crippen molar-refractivity contribution < 1.29 is 56.7 Å². The van der Waals surface area contributed by atoms with Crippen molar-refractivity contribution in [2.75, 3.05) is 45.0 Å². The number of carbonyl (C=O) groups is 2. The van der Waals surface area contributed by atoms with Gasteiger partial charge in [-0.05, 0) is 65.8 Å². The second-order valence-corrected chi connectivity index (χ2v) is 14.7. The van der Waals surface area contributed by atoms with E-state index < -0.39 is 13.6 Å². The van der Waals surface area contributed by atoms with Crippen LogP contribution in [0.25, 0.3) is 0 Å². The van der Waals surface area contributed by atoms with Gasteiger partial charge < -0.3 is 42.6 Å². The molecule has 0 spiro atoms. The Morgan fingerprint density at radius 1 is 0.840 bits per heavy atom. The minimum absolute atomic E-state index is 0.000875. The van der Waals surface area contributed by atoms with Gasteiger partial charge in [0.15, 0.2) is 5.13 Å². The first kappa shape index (κ1) is 39.1. The number of amides is 1. The van der Waals surface area contributed by atoms with Crippen LogP contribution in [-0.4, -0.2) is 86.0 Å². The van der Waals surface area contributed by atoms with Crippen molar-refractivity contribution in [2.24, 2.45) is 0 Å². The van der Waals surface area contributed by atoms with Crippen molar-refractivity contribution in [3.8, 4) is 23.0 Å². The number of anilines is 1. The van der Waals surface area contributed by atoms with Gasteiger partial charge in [-0.25, -0.2) is 9.78 Å². The average molecular weight is 737 g/mol. The maximum Gasteiger partial charge on any atom is 0.336 e. The van der Waals surface area contributed by atoms with Gasteiger partial charge in [-0.3, -0.25) is 14.7 Å². The van der Waals surface area contributed by atoms with Gasteiger partial charge in [0.05, 0.1) is 69.3 Å². The van der Waals surface area contributed by atoms with Gasteiger partial charge in [-0.15, -0.1) is 11.3 Å². The van der Waals surface area contributed by atoms with E-state index in [1.54, 1.807) is 43.5 Å². The second kappa shape index (κ2) is 18.5. The molecule has 0 radical (unpaired) electrons. The molecular weight excluding hydrogens is 691 g/mol. The number of nitrogens with one attached hydrogen (secondary N) is 1. The monoisotopic (exact) mass is 736 g/mol. The Morgan fingerprint density at radius 2 is 1.32 bits per heavy atom. The Kier molecular flexibility index (Phi) is 14.5. The van der Waals surface area contributed by atoms with Crippen molar-refractivity contribution >= 4 is 35.9 Å². The van der Waals surface area contributed by atoms with E-state index in [1.165, 1.54) is 23.5 Å². The van der Waals surface area contributed by atoms with Crippen molar-refractivity contribution in [1.82, 2.24) is 4.98 Å². The fourth-order valence-corrected chi connectivity index (χ4v) is 6.92. The number of hydrogen-bond acceptors (Lipinski definition) is 13. The zero-order valence-corrected chi connectivity index (χ0v) is 30.8. The van der Waals surface area contributed by atoms with E-state index >= 15 is 0 Å². The predicted octanol–water partition coefficient (Wildman–Crippen LogP) is 6.68. The van der Waals surface area contributed by atoms with Gasteiger partial charge in [-0.1, -0.05) is 0 Å². The number of nitrogens with zero attached hydrogens (tertiary/aromatic N) is 1. The van der Waals surface area contributed by atoms with Crippen molar-refractivity contribution in [3.63, 3.8) is 0 Å². The molecule has 2 saturated heterocycles. The third-order valence-corrected chi connectivity index (χ3v) is 9.43. The van der Waals surface area contributed by atoms with E-state index in [2.05, 4.69) is 10.3 Å². The minimum atomic E-state index is -3.27. The van der Waals surface area contributed by atoms with Crippen LogP contribution in [0.15, 0.2) is 41.8 Å². The SMILES string of the molecule is CC(C)Oc1cc(OC2COC2)cc(C(=O)O)c1.CCOP(=O)(Cc1csc(NC(=O)c2cc(OC(C)C)cc(OC3COC3)c2)n1)OCC. The summed E-state index contributed by atoms with van der Waals surface area (Å²) in [6.45, 7) is 13.8. The Hall–Kier alpha value is -3.72. The van der Waals surface area contributed by atoms with Crippen LogP contribution in [0.5, 0.6) is 23.0 Å². The van der Waals surface area contributed by atoms with Crippen LogP contribution in [-0.2, 0) is 29.2 Å². The Morgan fingerprint density at radius 3 is 1.76 bits per heavy atom. The normalized spacial score (nSPS) is 14.6. The summed E-state index contributed by atoms with van der Waals surface area (Å²) in [4.78, 5) is 28.3. The number of thiazole rings is 1. The van der Waals surface area contributed by atoms with Crippen LogP contribution in [0, 0.1) is 0 Å². The van der Waals surface area contributed by atoms with Crippen molar-refractivity contribution in [2.45, 2.75) is 72.1 Å². The molecule has 0 atom stereocenters. The third kappa shape index (κ3) is 12.3. The summed E-state index contributed by atoms with van der Waals surface area (Å²) in [7, 11) is -3.27. The van der Waals surface area contributed by atoms with E-state index in [9.17, 15) is 14.2 Å². The molecule has 2 N–H and O–H groups in total. The number of hydrogen-bond donors (Lipinski definition) is 2. The summed E-state index contributed by atoms with van der Waals surface area (Å²) < 4.78 is 56.2. The molecule has 3 heterocycles. The number of carboxylic acid groups (broad SMARTS) is 1. The van der Waals surface area contributed by atoms with Crippen LogP contribution >= 0.6 is 18.9 Å². The maximum atomic E-state index is 12.9. The van der Waals surface area contributed by atoms with Crippen molar-refractivity contribution in [3.05, 3.63) is 58.6 Å². The zero-order chi connectivity index (χ0) is 36.3. The fraction of sp³-hybridized carbons (Fsp3) is 0.500. The highest BCUT2D eigenvalue weighted by atomic mass is 32.1. The average Bonchev–Trinajstić information content (AvgIpc) is 3.42. The lowest BCUT2D eigenvalue weighted by atomic mass is 10.2. The number of benzene rings is 2. The topological polar surface area (TPSA) is 170 Å². The van der Waals surface area contributed by atoms with Gasteiger partial charge >= 0.3 is 13.6 Å². The molecule has 5 rings (SSSR count). The molecule has 0 saturated carbocycles. The van der Waals surface area contributed by atoms with Gasteiger partial charge in [-0.2, -0.15) is 0 Å². The summed E-state index contributed by atoms with van der Waals surface area (Å²) in [5.74, 6) is 0.721. The fourth-order valence-electron chi connectivity index (χ4n) is 4.49. The molecule has 274 valence electrons. The standard InChI is InChI=1S/C21H29N2O7PS.C13H16O5/c1-5-27-31(25,28-6-2)12-16-13-32-21(22-16)23-20(24)15-7-17(29-14(3)4)9-18(8-15)30-19-10-26-11-19;1-8(2)17-10-3-9(13(14)15)4-11(5-10)18-12-6-16-7-12/h7-9,13-14,19H,5-6,10-12H2,1-4H3,(H,22,23,24);3-5,8,12H,6-7H2,1-2H3,(H,14,15). The highest BCUT2D eigenvalue weighted by Crippen LogP contribution is 2.51. The minimum Gasteiger partial charge on any atom is -0.491 e. The Balaban J connectivity index is 0.000000263. The molecule has 0 bridgehead atoms. The Bertz CT molecular complexity index is 1610. The summed E-state index contributed by atoms with van der Waals surface area (Å²) >= 11 is 1.24. The summed E-state index contributed by atoms with van der Waals surface area (Å²) in [5, 5.41) is 13.9. The quantitative estimate of drug-likeness (QED) is 0.141. The van der Waals surface area contributed by atoms with Crippen LogP contribution in [0.4, 0.5) is 5.13 Å². The van der Waals surface area contributed by atoms with E-state index in [1.807, 2.05) is 27.7 Å². The van der Waals surface area contributed by atoms with E-state index in [-0.39, 0.29) is 55.3 Å². The lowest BCUT2D eigenvalue weighted by Crippen LogP contribution is -2.38. The first-order valence-electron chi connectivity index (χ1n) is 16.3. The number of carbonyl (C=O) groups excluding carboxylic acids is 1. The molecule has 1 aromatic heterocycles. The van der Waals surface area contributed by atoms with Gasteiger partial charge in [0.2, 0.25) is 0 Å². The highest BCUT2D eigenvalue weighted by molar-refractivity contribution is 7.53. The molecule has 14 nitrogen and oxygen atoms in total. The first-order chi connectivity index (χ1) is 23.8. The molecule has 50 heavy (non-hydrogen) atoms. The molecular formula is C34H45N2O12PS. The van der Waals surface area contributed by atoms with E-state index in [0.29, 0.717) is 65.8 Å². The molecule has 3 aromatic rings. The van der Waals surface area contributed by atoms with Gasteiger partial charge in [0.25, 0.3) is 5.91 Å². The number of aromatic nitrogens is 1. The zero-order valence-electron chi connectivity index (χ0n) is 29.0. The number of carboxylic acids is 1. The molecule has 2 fully saturated rings. The van der Waals surface area contributed by atoms with Crippen LogP contribution < -0.4 is 24.3 Å². The van der Waals surface area contributed by atoms with Crippen LogP contribution in [0.3, 0.4) is 0 Å². The molecule has 2 aromatic carbocycles. The summed E-state index contributed by atoms with van der Waals surface area (Å²) in [6, 6.07) is 9.76. The summed E-state index contributed by atoms with van der Waals surface area (Å²) in [5.41, 5.74) is 1.06. The third-order valence-electron chi connectivity index (χ3n) is 6.61. The maximum absolute atomic E-state index is 12.9. The molecule has 2 aliphatic heterocycles. The molecule has 0 aliphatic carbocycles. The number of ether oxygens (including phenoxy) is 6. The largest absolute Gasteiger partial charge is 0.491 e. The molecule has 2 aliphatic rings.